The summed E-state index contributed by atoms with van der Waals surface area (Å²) in [5, 5.41) is 8.61. The molecule has 0 aliphatic carbocycles. The van der Waals surface area contributed by atoms with Crippen LogP contribution in [0.2, 0.25) is 13.1 Å². The SMILES string of the molecule is CB1CCc2ccc(OCO)cc21. The molecule has 0 unspecified atom stereocenters. The quantitative estimate of drug-likeness (QED) is 0.535. The number of ether oxygens (including phenoxy) is 1. The van der Waals surface area contributed by atoms with E-state index in [1.807, 2.05) is 12.1 Å². The molecule has 1 heterocycles. The molecule has 68 valence electrons. The van der Waals surface area contributed by atoms with Crippen LogP contribution in [0.15, 0.2) is 18.2 Å². The summed E-state index contributed by atoms with van der Waals surface area (Å²) in [6.07, 6.45) is 2.41. The third kappa shape index (κ3) is 1.56. The standard InChI is InChI=1S/C10H13BO2/c1-11-5-4-8-2-3-9(13-7-12)6-10(8)11/h2-3,6,12H,4-5,7H2,1H3. The van der Waals surface area contributed by atoms with Crippen LogP contribution in [-0.2, 0) is 6.42 Å². The first-order valence-electron chi connectivity index (χ1n) is 4.67. The number of aliphatic hydroxyl groups is 1. The van der Waals surface area contributed by atoms with Crippen molar-refractivity contribution in [2.24, 2.45) is 0 Å². The molecule has 1 N–H and O–H groups in total. The number of rotatable bonds is 2. The molecular formula is C10H13BO2. The number of aliphatic hydroxyl groups excluding tert-OH is 1. The van der Waals surface area contributed by atoms with Gasteiger partial charge in [0.05, 0.1) is 0 Å². The smallest absolute Gasteiger partial charge is 0.186 e. The van der Waals surface area contributed by atoms with E-state index in [2.05, 4.69) is 12.9 Å². The number of benzene rings is 1. The molecule has 0 radical (unpaired) electrons. The molecule has 1 aromatic rings. The normalized spacial score (nSPS) is 14.5. The van der Waals surface area contributed by atoms with Gasteiger partial charge in [-0.1, -0.05) is 30.2 Å². The topological polar surface area (TPSA) is 29.5 Å². The number of fused-ring (bicyclic) bond motifs is 1. The third-order valence-electron chi connectivity index (χ3n) is 2.73. The summed E-state index contributed by atoms with van der Waals surface area (Å²) >= 11 is 0. The zero-order chi connectivity index (χ0) is 9.26. The summed E-state index contributed by atoms with van der Waals surface area (Å²) in [5.74, 6) is 0.773. The van der Waals surface area contributed by atoms with Crippen molar-refractivity contribution >= 4 is 12.2 Å². The first-order valence-corrected chi connectivity index (χ1v) is 4.67. The van der Waals surface area contributed by atoms with Crippen LogP contribution in [-0.4, -0.2) is 18.6 Å². The van der Waals surface area contributed by atoms with Crippen LogP contribution in [0.4, 0.5) is 0 Å². The third-order valence-corrected chi connectivity index (χ3v) is 2.73. The minimum Gasteiger partial charge on any atom is -0.468 e. The Morgan fingerprint density at radius 1 is 1.54 bits per heavy atom. The lowest BCUT2D eigenvalue weighted by Crippen LogP contribution is -2.22. The second-order valence-corrected chi connectivity index (χ2v) is 3.57. The first-order chi connectivity index (χ1) is 6.31. The van der Waals surface area contributed by atoms with Crippen LogP contribution < -0.4 is 10.2 Å². The average Bonchev–Trinajstić information content (AvgIpc) is 2.49. The second kappa shape index (κ2) is 3.42. The van der Waals surface area contributed by atoms with Gasteiger partial charge in [-0.3, -0.25) is 0 Å². The minimum absolute atomic E-state index is 0.243. The van der Waals surface area contributed by atoms with Crippen LogP contribution in [0.3, 0.4) is 0 Å². The van der Waals surface area contributed by atoms with E-state index in [9.17, 15) is 0 Å². The molecule has 1 aliphatic rings. The van der Waals surface area contributed by atoms with Crippen molar-refractivity contribution < 1.29 is 9.84 Å². The van der Waals surface area contributed by atoms with Gasteiger partial charge < -0.3 is 9.84 Å². The van der Waals surface area contributed by atoms with Crippen LogP contribution >= 0.6 is 0 Å². The van der Waals surface area contributed by atoms with Gasteiger partial charge in [0.1, 0.15) is 5.75 Å². The Morgan fingerprint density at radius 3 is 3.15 bits per heavy atom. The van der Waals surface area contributed by atoms with Crippen molar-refractivity contribution in [1.82, 2.24) is 0 Å². The van der Waals surface area contributed by atoms with E-state index in [1.54, 1.807) is 0 Å². The Hall–Kier alpha value is -0.955. The van der Waals surface area contributed by atoms with E-state index in [-0.39, 0.29) is 6.79 Å². The highest BCUT2D eigenvalue weighted by Crippen LogP contribution is 2.18. The van der Waals surface area contributed by atoms with Gasteiger partial charge in [0.2, 0.25) is 0 Å². The van der Waals surface area contributed by atoms with Gasteiger partial charge in [-0.2, -0.15) is 0 Å². The molecule has 0 atom stereocenters. The van der Waals surface area contributed by atoms with E-state index < -0.39 is 0 Å². The molecule has 0 fully saturated rings. The number of hydrogen-bond donors (Lipinski definition) is 1. The zero-order valence-corrected chi connectivity index (χ0v) is 7.79. The van der Waals surface area contributed by atoms with E-state index in [0.717, 1.165) is 5.75 Å². The van der Waals surface area contributed by atoms with Gasteiger partial charge in [-0.15, -0.1) is 0 Å². The van der Waals surface area contributed by atoms with E-state index in [4.69, 9.17) is 9.84 Å². The van der Waals surface area contributed by atoms with Crippen LogP contribution in [0.25, 0.3) is 0 Å². The Kier molecular flexibility index (Phi) is 2.27. The van der Waals surface area contributed by atoms with E-state index >= 15 is 0 Å². The van der Waals surface area contributed by atoms with Gasteiger partial charge in [0.25, 0.3) is 0 Å². The molecule has 0 bridgehead atoms. The highest BCUT2D eigenvalue weighted by Gasteiger charge is 2.21. The van der Waals surface area contributed by atoms with Crippen molar-refractivity contribution in [2.75, 3.05) is 6.79 Å². The monoisotopic (exact) mass is 176 g/mol. The van der Waals surface area contributed by atoms with Crippen LogP contribution in [0.1, 0.15) is 5.56 Å². The lowest BCUT2D eigenvalue weighted by atomic mass is 9.48. The van der Waals surface area contributed by atoms with Crippen molar-refractivity contribution in [1.29, 1.82) is 0 Å². The summed E-state index contributed by atoms with van der Waals surface area (Å²) in [6, 6.07) is 6.07. The van der Waals surface area contributed by atoms with Gasteiger partial charge in [-0.25, -0.2) is 0 Å². The lowest BCUT2D eigenvalue weighted by molar-refractivity contribution is 0.0986. The highest BCUT2D eigenvalue weighted by atomic mass is 16.6. The predicted octanol–water partition coefficient (Wildman–Crippen LogP) is 0.903. The predicted molar refractivity (Wildman–Crippen MR) is 53.9 cm³/mol. The van der Waals surface area contributed by atoms with Crippen LogP contribution in [0, 0.1) is 0 Å². The maximum Gasteiger partial charge on any atom is 0.186 e. The minimum atomic E-state index is -0.243. The maximum atomic E-state index is 8.61. The molecule has 2 rings (SSSR count). The molecule has 0 amide bonds. The fourth-order valence-electron chi connectivity index (χ4n) is 1.95. The fourth-order valence-corrected chi connectivity index (χ4v) is 1.95. The fraction of sp³-hybridized carbons (Fsp3) is 0.400. The van der Waals surface area contributed by atoms with Crippen molar-refractivity contribution in [3.05, 3.63) is 23.8 Å². The summed E-state index contributed by atoms with van der Waals surface area (Å²) in [6.45, 7) is 2.62. The summed E-state index contributed by atoms with van der Waals surface area (Å²) in [5.41, 5.74) is 2.81. The molecule has 13 heavy (non-hydrogen) atoms. The molecule has 3 heteroatoms. The van der Waals surface area contributed by atoms with Crippen LogP contribution in [0.5, 0.6) is 5.75 Å². The molecule has 0 aromatic heterocycles. The summed E-state index contributed by atoms with van der Waals surface area (Å²) in [7, 11) is 0. The molecule has 1 aliphatic heterocycles. The summed E-state index contributed by atoms with van der Waals surface area (Å²) < 4.78 is 5.04. The van der Waals surface area contributed by atoms with Crippen molar-refractivity contribution in [3.63, 3.8) is 0 Å². The largest absolute Gasteiger partial charge is 0.468 e. The maximum absolute atomic E-state index is 8.61. The molecular weight excluding hydrogens is 163 g/mol. The van der Waals surface area contributed by atoms with Gasteiger partial charge in [-0.05, 0) is 18.6 Å². The summed E-state index contributed by atoms with van der Waals surface area (Å²) in [4.78, 5) is 0. The Labute approximate surface area is 78.6 Å². The second-order valence-electron chi connectivity index (χ2n) is 3.57. The molecule has 2 nitrogen and oxygen atoms in total. The Balaban J connectivity index is 2.31. The van der Waals surface area contributed by atoms with E-state index in [0.29, 0.717) is 6.71 Å². The van der Waals surface area contributed by atoms with Gasteiger partial charge >= 0.3 is 0 Å². The van der Waals surface area contributed by atoms with Crippen molar-refractivity contribution in [2.45, 2.75) is 19.6 Å². The molecule has 0 saturated carbocycles. The average molecular weight is 176 g/mol. The van der Waals surface area contributed by atoms with E-state index in [1.165, 1.54) is 23.8 Å². The number of aryl methyl sites for hydroxylation is 1. The number of hydrogen-bond acceptors (Lipinski definition) is 2. The Morgan fingerprint density at radius 2 is 2.38 bits per heavy atom. The van der Waals surface area contributed by atoms with Crippen molar-refractivity contribution in [3.8, 4) is 5.75 Å². The van der Waals surface area contributed by atoms with Gasteiger partial charge in [0, 0.05) is 0 Å². The molecule has 1 aromatic carbocycles. The molecule has 0 saturated heterocycles. The Bertz CT molecular complexity index is 312. The zero-order valence-electron chi connectivity index (χ0n) is 7.79. The molecule has 0 spiro atoms. The first kappa shape index (κ1) is 8.63. The highest BCUT2D eigenvalue weighted by molar-refractivity contribution is 6.73. The lowest BCUT2D eigenvalue weighted by Gasteiger charge is -2.06. The van der Waals surface area contributed by atoms with Gasteiger partial charge in [0.15, 0.2) is 13.5 Å².